The number of nitrogens with one attached hydrogen (secondary N) is 1. The molecule has 0 spiro atoms. The minimum absolute atomic E-state index is 0.417. The van der Waals surface area contributed by atoms with Crippen molar-refractivity contribution in [2.45, 2.75) is 6.92 Å². The second-order valence-corrected chi connectivity index (χ2v) is 4.10. The zero-order valence-corrected chi connectivity index (χ0v) is 10.4. The van der Waals surface area contributed by atoms with Gasteiger partial charge in [0.15, 0.2) is 5.82 Å². The number of benzene rings is 1. The van der Waals surface area contributed by atoms with Crippen LogP contribution in [0.5, 0.6) is 0 Å². The number of carbonyl (C=O) groups is 1. The molecule has 6 heteroatoms. The van der Waals surface area contributed by atoms with E-state index in [1.807, 2.05) is 6.07 Å². The SMILES string of the molecule is COC(=O)c1cccc2[nH]c(-c3cc(C)on3)nc12. The van der Waals surface area contributed by atoms with E-state index in [9.17, 15) is 4.79 Å². The molecule has 3 aromatic rings. The Bertz CT molecular complexity index is 757. The molecule has 0 unspecified atom stereocenters. The van der Waals surface area contributed by atoms with Gasteiger partial charge in [0.25, 0.3) is 0 Å². The molecule has 0 saturated heterocycles. The summed E-state index contributed by atoms with van der Waals surface area (Å²) in [5.41, 5.74) is 2.33. The van der Waals surface area contributed by atoms with Crippen molar-refractivity contribution < 1.29 is 14.1 Å². The average molecular weight is 257 g/mol. The van der Waals surface area contributed by atoms with E-state index in [2.05, 4.69) is 15.1 Å². The molecule has 0 bridgehead atoms. The molecule has 0 aliphatic rings. The second-order valence-electron chi connectivity index (χ2n) is 4.10. The number of aromatic nitrogens is 3. The molecule has 0 aliphatic carbocycles. The number of aromatic amines is 1. The summed E-state index contributed by atoms with van der Waals surface area (Å²) in [5.74, 6) is 0.840. The maximum Gasteiger partial charge on any atom is 0.340 e. The predicted molar refractivity (Wildman–Crippen MR) is 67.7 cm³/mol. The number of imidazole rings is 1. The number of ether oxygens (including phenoxy) is 1. The fourth-order valence-electron chi connectivity index (χ4n) is 1.91. The summed E-state index contributed by atoms with van der Waals surface area (Å²) in [5, 5.41) is 3.89. The zero-order valence-electron chi connectivity index (χ0n) is 10.4. The van der Waals surface area contributed by atoms with E-state index in [0.717, 1.165) is 5.52 Å². The van der Waals surface area contributed by atoms with Crippen molar-refractivity contribution >= 4 is 17.0 Å². The number of nitrogens with zero attached hydrogens (tertiary/aromatic N) is 2. The van der Waals surface area contributed by atoms with Crippen LogP contribution in [0.4, 0.5) is 0 Å². The lowest BCUT2D eigenvalue weighted by Gasteiger charge is -1.98. The molecule has 0 atom stereocenters. The predicted octanol–water partition coefficient (Wildman–Crippen LogP) is 2.31. The molecule has 96 valence electrons. The van der Waals surface area contributed by atoms with Crippen molar-refractivity contribution in [3.05, 3.63) is 35.6 Å². The number of rotatable bonds is 2. The molecular weight excluding hydrogens is 246 g/mol. The summed E-state index contributed by atoms with van der Waals surface area (Å²) >= 11 is 0. The van der Waals surface area contributed by atoms with E-state index in [0.29, 0.717) is 28.4 Å². The average Bonchev–Trinajstić information content (AvgIpc) is 3.02. The van der Waals surface area contributed by atoms with Crippen LogP contribution in [0.15, 0.2) is 28.8 Å². The fourth-order valence-corrected chi connectivity index (χ4v) is 1.91. The third-order valence-electron chi connectivity index (χ3n) is 2.79. The van der Waals surface area contributed by atoms with Gasteiger partial charge < -0.3 is 14.2 Å². The molecule has 0 saturated carbocycles. The summed E-state index contributed by atoms with van der Waals surface area (Å²) in [6, 6.07) is 7.05. The third-order valence-corrected chi connectivity index (χ3v) is 2.79. The Morgan fingerprint density at radius 3 is 2.95 bits per heavy atom. The lowest BCUT2D eigenvalue weighted by molar-refractivity contribution is 0.0603. The molecule has 6 nitrogen and oxygen atoms in total. The first kappa shape index (κ1) is 11.5. The number of esters is 1. The number of H-pyrrole nitrogens is 1. The zero-order chi connectivity index (χ0) is 13.4. The van der Waals surface area contributed by atoms with E-state index >= 15 is 0 Å². The molecule has 0 fully saturated rings. The molecule has 0 radical (unpaired) electrons. The van der Waals surface area contributed by atoms with Gasteiger partial charge in [0.2, 0.25) is 0 Å². The highest BCUT2D eigenvalue weighted by atomic mass is 16.5. The minimum Gasteiger partial charge on any atom is -0.465 e. The van der Waals surface area contributed by atoms with Crippen molar-refractivity contribution in [1.82, 2.24) is 15.1 Å². The van der Waals surface area contributed by atoms with Gasteiger partial charge in [-0.25, -0.2) is 9.78 Å². The van der Waals surface area contributed by atoms with Gasteiger partial charge in [-0.2, -0.15) is 0 Å². The molecule has 19 heavy (non-hydrogen) atoms. The van der Waals surface area contributed by atoms with Crippen LogP contribution in [0.1, 0.15) is 16.1 Å². The van der Waals surface area contributed by atoms with E-state index in [1.54, 1.807) is 25.1 Å². The normalized spacial score (nSPS) is 10.8. The van der Waals surface area contributed by atoms with Crippen molar-refractivity contribution in [1.29, 1.82) is 0 Å². The molecule has 2 aromatic heterocycles. The second kappa shape index (κ2) is 4.24. The first-order valence-electron chi connectivity index (χ1n) is 5.70. The number of methoxy groups -OCH3 is 1. The standard InChI is InChI=1S/C13H11N3O3/c1-7-6-10(16-19-7)12-14-9-5-3-4-8(11(9)15-12)13(17)18-2/h3-6H,1-2H3,(H,14,15). The van der Waals surface area contributed by atoms with Gasteiger partial charge in [-0.3, -0.25) is 0 Å². The van der Waals surface area contributed by atoms with Gasteiger partial charge in [0, 0.05) is 6.07 Å². The van der Waals surface area contributed by atoms with Crippen molar-refractivity contribution in [2.24, 2.45) is 0 Å². The van der Waals surface area contributed by atoms with E-state index in [4.69, 9.17) is 9.26 Å². The largest absolute Gasteiger partial charge is 0.465 e. The highest BCUT2D eigenvalue weighted by molar-refractivity contribution is 6.02. The number of fused-ring (bicyclic) bond motifs is 1. The Morgan fingerprint density at radius 1 is 1.42 bits per heavy atom. The van der Waals surface area contributed by atoms with Crippen molar-refractivity contribution in [3.63, 3.8) is 0 Å². The van der Waals surface area contributed by atoms with Crippen LogP contribution in [0, 0.1) is 6.92 Å². The highest BCUT2D eigenvalue weighted by Crippen LogP contribution is 2.23. The topological polar surface area (TPSA) is 81.0 Å². The Balaban J connectivity index is 2.18. The Hall–Kier alpha value is -2.63. The molecule has 1 N–H and O–H groups in total. The molecule has 0 aliphatic heterocycles. The highest BCUT2D eigenvalue weighted by Gasteiger charge is 2.15. The quantitative estimate of drug-likeness (QED) is 0.712. The Labute approximate surface area is 108 Å². The molecule has 1 aromatic carbocycles. The number of hydrogen-bond acceptors (Lipinski definition) is 5. The molecule has 2 heterocycles. The number of aryl methyl sites for hydroxylation is 1. The smallest absolute Gasteiger partial charge is 0.340 e. The maximum absolute atomic E-state index is 11.7. The van der Waals surface area contributed by atoms with Gasteiger partial charge in [-0.15, -0.1) is 0 Å². The summed E-state index contributed by atoms with van der Waals surface area (Å²) in [6.45, 7) is 1.80. The summed E-state index contributed by atoms with van der Waals surface area (Å²) in [6.07, 6.45) is 0. The maximum atomic E-state index is 11.7. The molecule has 3 rings (SSSR count). The van der Waals surface area contributed by atoms with Crippen LogP contribution in [0.2, 0.25) is 0 Å². The van der Waals surface area contributed by atoms with Crippen molar-refractivity contribution in [2.75, 3.05) is 7.11 Å². The van der Waals surface area contributed by atoms with Crippen LogP contribution in [-0.4, -0.2) is 28.2 Å². The Kier molecular flexibility index (Phi) is 2.56. The monoisotopic (exact) mass is 257 g/mol. The van der Waals surface area contributed by atoms with E-state index in [1.165, 1.54) is 7.11 Å². The van der Waals surface area contributed by atoms with Crippen molar-refractivity contribution in [3.8, 4) is 11.5 Å². The summed E-state index contributed by atoms with van der Waals surface area (Å²) in [7, 11) is 1.34. The fraction of sp³-hybridized carbons (Fsp3) is 0.154. The first-order chi connectivity index (χ1) is 9.19. The van der Waals surface area contributed by atoms with Crippen LogP contribution in [0.3, 0.4) is 0 Å². The molecule has 0 amide bonds. The minimum atomic E-state index is -0.417. The van der Waals surface area contributed by atoms with Crippen LogP contribution in [0.25, 0.3) is 22.6 Å². The lowest BCUT2D eigenvalue weighted by Crippen LogP contribution is -2.01. The molecular formula is C13H11N3O3. The number of hydrogen-bond donors (Lipinski definition) is 1. The number of carbonyl (C=O) groups excluding carboxylic acids is 1. The Morgan fingerprint density at radius 2 is 2.26 bits per heavy atom. The first-order valence-corrected chi connectivity index (χ1v) is 5.70. The third kappa shape index (κ3) is 1.87. The van der Waals surface area contributed by atoms with Gasteiger partial charge in [-0.05, 0) is 19.1 Å². The van der Waals surface area contributed by atoms with E-state index in [-0.39, 0.29) is 0 Å². The van der Waals surface area contributed by atoms with Crippen LogP contribution >= 0.6 is 0 Å². The van der Waals surface area contributed by atoms with Gasteiger partial charge in [0.1, 0.15) is 17.0 Å². The van der Waals surface area contributed by atoms with Gasteiger partial charge >= 0.3 is 5.97 Å². The van der Waals surface area contributed by atoms with Gasteiger partial charge in [0.05, 0.1) is 18.2 Å². The van der Waals surface area contributed by atoms with Crippen LogP contribution < -0.4 is 0 Å². The summed E-state index contributed by atoms with van der Waals surface area (Å²) < 4.78 is 9.75. The lowest BCUT2D eigenvalue weighted by atomic mass is 10.2. The summed E-state index contributed by atoms with van der Waals surface area (Å²) in [4.78, 5) is 19.2. The van der Waals surface area contributed by atoms with Gasteiger partial charge in [-0.1, -0.05) is 11.2 Å². The van der Waals surface area contributed by atoms with E-state index < -0.39 is 5.97 Å². The van der Waals surface area contributed by atoms with Crippen LogP contribution in [-0.2, 0) is 4.74 Å². The number of para-hydroxylation sites is 1.